The van der Waals surface area contributed by atoms with Gasteiger partial charge in [-0.25, -0.2) is 0 Å². The lowest BCUT2D eigenvalue weighted by atomic mass is 10.4. The normalized spacial score (nSPS) is 12.5. The van der Waals surface area contributed by atoms with Crippen molar-refractivity contribution in [3.8, 4) is 0 Å². The molecule has 0 aliphatic rings. The molecule has 0 heterocycles. The van der Waals surface area contributed by atoms with Crippen molar-refractivity contribution in [2.75, 3.05) is 52.7 Å². The number of rotatable bonds is 15. The highest BCUT2D eigenvalue weighted by atomic mass is 16.5. The maximum absolute atomic E-state index is 10.4. The van der Waals surface area contributed by atoms with Crippen molar-refractivity contribution >= 4 is 5.91 Å². The summed E-state index contributed by atoms with van der Waals surface area (Å²) in [6, 6.07) is 0. The van der Waals surface area contributed by atoms with Crippen LogP contribution in [0.25, 0.3) is 0 Å². The van der Waals surface area contributed by atoms with Crippen LogP contribution < -0.4 is 11.1 Å². The summed E-state index contributed by atoms with van der Waals surface area (Å²) in [4.78, 5) is 10.4. The third-order valence-electron chi connectivity index (χ3n) is 2.37. The molecule has 7 heteroatoms. The van der Waals surface area contributed by atoms with E-state index >= 15 is 0 Å². The van der Waals surface area contributed by atoms with Crippen LogP contribution in [0.5, 0.6) is 0 Å². The third kappa shape index (κ3) is 15.3. The molecule has 120 valence electrons. The van der Waals surface area contributed by atoms with E-state index in [4.69, 9.17) is 19.9 Å². The Morgan fingerprint density at radius 2 is 1.95 bits per heavy atom. The number of hydrogen-bond donors (Lipinski definition) is 3. The van der Waals surface area contributed by atoms with Gasteiger partial charge in [0.05, 0.1) is 32.5 Å². The van der Waals surface area contributed by atoms with Crippen LogP contribution in [0, 0.1) is 0 Å². The van der Waals surface area contributed by atoms with Gasteiger partial charge in [0.15, 0.2) is 0 Å². The first-order valence-corrected chi connectivity index (χ1v) is 7.07. The molecule has 0 aliphatic heterocycles. The van der Waals surface area contributed by atoms with Crippen LogP contribution in [-0.2, 0) is 19.0 Å². The Morgan fingerprint density at radius 3 is 2.65 bits per heavy atom. The van der Waals surface area contributed by atoms with Gasteiger partial charge in [-0.15, -0.1) is 0 Å². The first-order valence-electron chi connectivity index (χ1n) is 7.07. The molecule has 0 bridgehead atoms. The highest BCUT2D eigenvalue weighted by Gasteiger charge is 2.03. The summed E-state index contributed by atoms with van der Waals surface area (Å²) in [5, 5.41) is 12.6. The molecule has 0 saturated heterocycles. The molecule has 1 amide bonds. The Labute approximate surface area is 120 Å². The third-order valence-corrected chi connectivity index (χ3v) is 2.37. The van der Waals surface area contributed by atoms with Gasteiger partial charge in [0.1, 0.15) is 6.61 Å². The van der Waals surface area contributed by atoms with Crippen molar-refractivity contribution in [3.63, 3.8) is 0 Å². The van der Waals surface area contributed by atoms with Crippen LogP contribution >= 0.6 is 0 Å². The fraction of sp³-hybridized carbons (Fsp3) is 0.923. The topological polar surface area (TPSA) is 103 Å². The average Bonchev–Trinajstić information content (AvgIpc) is 2.41. The van der Waals surface area contributed by atoms with Crippen molar-refractivity contribution in [1.82, 2.24) is 5.32 Å². The number of unbranched alkanes of at least 4 members (excludes halogenated alkanes) is 1. The second kappa shape index (κ2) is 14.7. The van der Waals surface area contributed by atoms with E-state index in [1.165, 1.54) is 0 Å². The van der Waals surface area contributed by atoms with Gasteiger partial charge >= 0.3 is 0 Å². The van der Waals surface area contributed by atoms with Crippen LogP contribution in [0.2, 0.25) is 0 Å². The summed E-state index contributed by atoms with van der Waals surface area (Å²) in [5.41, 5.74) is 4.91. The number of nitrogens with two attached hydrogens (primary N) is 1. The smallest absolute Gasteiger partial charge is 0.243 e. The molecule has 1 atom stereocenters. The molecule has 0 radical (unpaired) electrons. The molecule has 0 aromatic carbocycles. The number of amides is 1. The number of carbonyl (C=O) groups excluding carboxylic acids is 1. The summed E-state index contributed by atoms with van der Waals surface area (Å²) < 4.78 is 15.6. The molecule has 0 aromatic rings. The Bertz CT molecular complexity index is 229. The second-order valence-electron chi connectivity index (χ2n) is 4.42. The maximum Gasteiger partial charge on any atom is 0.243 e. The Morgan fingerprint density at radius 1 is 1.20 bits per heavy atom. The fourth-order valence-corrected chi connectivity index (χ4v) is 1.33. The van der Waals surface area contributed by atoms with Crippen molar-refractivity contribution in [2.45, 2.75) is 25.9 Å². The van der Waals surface area contributed by atoms with Crippen LogP contribution in [0.4, 0.5) is 0 Å². The van der Waals surface area contributed by atoms with E-state index in [0.29, 0.717) is 32.9 Å². The SMILES string of the molecule is CCCCOCCOCC(O)CNCCOCC(N)=O. The highest BCUT2D eigenvalue weighted by molar-refractivity contribution is 5.74. The number of aliphatic hydroxyl groups excluding tert-OH is 1. The van der Waals surface area contributed by atoms with Gasteiger partial charge in [-0.05, 0) is 6.42 Å². The lowest BCUT2D eigenvalue weighted by Gasteiger charge is -2.12. The summed E-state index contributed by atoms with van der Waals surface area (Å²) >= 11 is 0. The monoisotopic (exact) mass is 292 g/mol. The van der Waals surface area contributed by atoms with Gasteiger partial charge in [-0.2, -0.15) is 0 Å². The molecule has 0 saturated carbocycles. The molecule has 0 spiro atoms. The average molecular weight is 292 g/mol. The number of hydrogen-bond acceptors (Lipinski definition) is 6. The minimum absolute atomic E-state index is 0.0780. The number of nitrogens with one attached hydrogen (secondary N) is 1. The van der Waals surface area contributed by atoms with Crippen LogP contribution in [-0.4, -0.2) is 69.8 Å². The van der Waals surface area contributed by atoms with E-state index in [1.807, 2.05) is 0 Å². The molecule has 7 nitrogen and oxygen atoms in total. The molecule has 4 N–H and O–H groups in total. The Hall–Kier alpha value is -0.730. The predicted octanol–water partition coefficient (Wildman–Crippen LogP) is -0.728. The number of carbonyl (C=O) groups is 1. The van der Waals surface area contributed by atoms with Crippen molar-refractivity contribution in [3.05, 3.63) is 0 Å². The number of aliphatic hydroxyl groups is 1. The van der Waals surface area contributed by atoms with Gasteiger partial charge in [0.25, 0.3) is 0 Å². The molecule has 0 rings (SSSR count). The summed E-state index contributed by atoms with van der Waals surface area (Å²) in [6.45, 7) is 5.45. The fourth-order valence-electron chi connectivity index (χ4n) is 1.33. The van der Waals surface area contributed by atoms with E-state index in [9.17, 15) is 9.90 Å². The lowest BCUT2D eigenvalue weighted by molar-refractivity contribution is -0.122. The lowest BCUT2D eigenvalue weighted by Crippen LogP contribution is -2.33. The number of primary amides is 1. The zero-order chi connectivity index (χ0) is 15.1. The van der Waals surface area contributed by atoms with E-state index in [-0.39, 0.29) is 13.2 Å². The summed E-state index contributed by atoms with van der Waals surface area (Å²) in [5.74, 6) is -0.486. The predicted molar refractivity (Wildman–Crippen MR) is 75.4 cm³/mol. The second-order valence-corrected chi connectivity index (χ2v) is 4.42. The highest BCUT2D eigenvalue weighted by Crippen LogP contribution is 1.89. The van der Waals surface area contributed by atoms with E-state index in [1.54, 1.807) is 0 Å². The van der Waals surface area contributed by atoms with E-state index < -0.39 is 12.0 Å². The van der Waals surface area contributed by atoms with Gasteiger partial charge in [-0.3, -0.25) is 4.79 Å². The standard InChI is InChI=1S/C13H28N2O5/c1-2-3-5-18-7-8-20-10-12(16)9-15-4-6-19-11-13(14)17/h12,15-16H,2-11H2,1H3,(H2,14,17). The van der Waals surface area contributed by atoms with Crippen molar-refractivity contribution in [1.29, 1.82) is 0 Å². The van der Waals surface area contributed by atoms with Gasteiger partial charge < -0.3 is 30.4 Å². The first kappa shape index (κ1) is 19.3. The molecule has 20 heavy (non-hydrogen) atoms. The summed E-state index contributed by atoms with van der Waals surface area (Å²) in [7, 11) is 0. The molecule has 0 aromatic heterocycles. The van der Waals surface area contributed by atoms with Gasteiger partial charge in [-0.1, -0.05) is 13.3 Å². The van der Waals surface area contributed by atoms with E-state index in [0.717, 1.165) is 19.4 Å². The number of ether oxygens (including phenoxy) is 3. The van der Waals surface area contributed by atoms with E-state index in [2.05, 4.69) is 12.2 Å². The van der Waals surface area contributed by atoms with Crippen LogP contribution in [0.3, 0.4) is 0 Å². The quantitative estimate of drug-likeness (QED) is 0.344. The summed E-state index contributed by atoms with van der Waals surface area (Å²) in [6.07, 6.45) is 1.61. The molecule has 0 fully saturated rings. The zero-order valence-electron chi connectivity index (χ0n) is 12.3. The molecular formula is C13H28N2O5. The van der Waals surface area contributed by atoms with Crippen molar-refractivity contribution in [2.24, 2.45) is 5.73 Å². The Balaban J connectivity index is 3.16. The van der Waals surface area contributed by atoms with Gasteiger partial charge in [0, 0.05) is 19.7 Å². The minimum Gasteiger partial charge on any atom is -0.389 e. The zero-order valence-corrected chi connectivity index (χ0v) is 12.3. The maximum atomic E-state index is 10.4. The molecule has 1 unspecified atom stereocenters. The van der Waals surface area contributed by atoms with Crippen LogP contribution in [0.1, 0.15) is 19.8 Å². The van der Waals surface area contributed by atoms with Crippen molar-refractivity contribution < 1.29 is 24.1 Å². The Kier molecular flexibility index (Phi) is 14.1. The molecular weight excluding hydrogens is 264 g/mol. The minimum atomic E-state index is -0.568. The largest absolute Gasteiger partial charge is 0.389 e. The van der Waals surface area contributed by atoms with Gasteiger partial charge in [0.2, 0.25) is 5.91 Å². The van der Waals surface area contributed by atoms with Crippen LogP contribution in [0.15, 0.2) is 0 Å². The molecule has 0 aliphatic carbocycles. The first-order chi connectivity index (χ1) is 9.66.